The summed E-state index contributed by atoms with van der Waals surface area (Å²) in [6, 6.07) is 6.94. The molecule has 0 saturated carbocycles. The third kappa shape index (κ3) is 6.89. The highest BCUT2D eigenvalue weighted by Crippen LogP contribution is 2.28. The highest BCUT2D eigenvalue weighted by atomic mass is 32.2. The van der Waals surface area contributed by atoms with Crippen LogP contribution in [-0.2, 0) is 4.79 Å². The smallest absolute Gasteiger partial charge is 0.321 e. The van der Waals surface area contributed by atoms with Crippen LogP contribution < -0.4 is 20.7 Å². The largest absolute Gasteiger partial charge is 0.497 e. The highest BCUT2D eigenvalue weighted by molar-refractivity contribution is 8.01. The minimum atomic E-state index is -0.483. The van der Waals surface area contributed by atoms with E-state index < -0.39 is 6.03 Å². The van der Waals surface area contributed by atoms with E-state index in [1.54, 1.807) is 7.11 Å². The lowest BCUT2D eigenvalue weighted by atomic mass is 10.2. The van der Waals surface area contributed by atoms with Crippen LogP contribution in [0.1, 0.15) is 13.8 Å². The first-order chi connectivity index (χ1) is 12.5. The van der Waals surface area contributed by atoms with Crippen LogP contribution >= 0.6 is 23.1 Å². The van der Waals surface area contributed by atoms with Gasteiger partial charge in [-0.3, -0.25) is 10.1 Å². The molecule has 140 valence electrons. The van der Waals surface area contributed by atoms with Crippen molar-refractivity contribution in [1.29, 1.82) is 0 Å². The standard InChI is InChI=1S/C16H21N5O3S2/c1-10(2)8-17-14(23)19-13(22)9-25-16-21-20-15(26-16)18-11-4-6-12(24-3)7-5-11/h4-7,10H,8-9H2,1-3H3,(H,18,20)(H2,17,19,22,23). The molecule has 0 bridgehead atoms. The molecule has 0 spiro atoms. The molecular formula is C16H21N5O3S2. The molecule has 0 atom stereocenters. The number of rotatable bonds is 8. The maximum Gasteiger partial charge on any atom is 0.321 e. The van der Waals surface area contributed by atoms with Crippen LogP contribution in [0, 0.1) is 5.92 Å². The topological polar surface area (TPSA) is 105 Å². The quantitative estimate of drug-likeness (QED) is 0.590. The van der Waals surface area contributed by atoms with Crippen molar-refractivity contribution >= 4 is 45.9 Å². The average Bonchev–Trinajstić information content (AvgIpc) is 3.06. The molecule has 26 heavy (non-hydrogen) atoms. The van der Waals surface area contributed by atoms with Crippen molar-refractivity contribution in [2.24, 2.45) is 5.92 Å². The Hall–Kier alpha value is -2.33. The molecule has 1 aromatic heterocycles. The molecular weight excluding hydrogens is 374 g/mol. The molecule has 8 nitrogen and oxygen atoms in total. The summed E-state index contributed by atoms with van der Waals surface area (Å²) in [5, 5.41) is 16.7. The number of nitrogens with one attached hydrogen (secondary N) is 3. The Kier molecular flexibility index (Phi) is 7.67. The molecule has 0 unspecified atom stereocenters. The van der Waals surface area contributed by atoms with Crippen molar-refractivity contribution < 1.29 is 14.3 Å². The van der Waals surface area contributed by atoms with Crippen LogP contribution in [0.15, 0.2) is 28.6 Å². The number of ether oxygens (including phenoxy) is 1. The number of anilines is 2. The molecule has 2 rings (SSSR count). The number of carbonyl (C=O) groups excluding carboxylic acids is 2. The zero-order valence-electron chi connectivity index (χ0n) is 14.7. The maximum absolute atomic E-state index is 11.8. The van der Waals surface area contributed by atoms with Gasteiger partial charge in [-0.1, -0.05) is 36.9 Å². The van der Waals surface area contributed by atoms with Crippen molar-refractivity contribution in [3.8, 4) is 5.75 Å². The van der Waals surface area contributed by atoms with Gasteiger partial charge in [0.1, 0.15) is 5.75 Å². The summed E-state index contributed by atoms with van der Waals surface area (Å²) in [7, 11) is 1.61. The lowest BCUT2D eigenvalue weighted by Gasteiger charge is -2.07. The lowest BCUT2D eigenvalue weighted by Crippen LogP contribution is -2.41. The summed E-state index contributed by atoms with van der Waals surface area (Å²) in [4.78, 5) is 23.3. The lowest BCUT2D eigenvalue weighted by molar-refractivity contribution is -0.117. The number of carbonyl (C=O) groups is 2. The first-order valence-electron chi connectivity index (χ1n) is 7.91. The van der Waals surface area contributed by atoms with Gasteiger partial charge in [-0.05, 0) is 30.2 Å². The number of urea groups is 1. The van der Waals surface area contributed by atoms with Crippen LogP contribution in [0.2, 0.25) is 0 Å². The Bertz CT molecular complexity index is 734. The van der Waals surface area contributed by atoms with Gasteiger partial charge in [0.15, 0.2) is 4.34 Å². The Morgan fingerprint density at radius 2 is 1.96 bits per heavy atom. The third-order valence-corrected chi connectivity index (χ3v) is 4.97. The Morgan fingerprint density at radius 1 is 1.23 bits per heavy atom. The number of benzene rings is 1. The number of aromatic nitrogens is 2. The predicted octanol–water partition coefficient (Wildman–Crippen LogP) is 2.86. The summed E-state index contributed by atoms with van der Waals surface area (Å²) < 4.78 is 5.75. The summed E-state index contributed by atoms with van der Waals surface area (Å²) in [5.41, 5.74) is 0.859. The molecule has 1 aromatic carbocycles. The van der Waals surface area contributed by atoms with Crippen LogP contribution in [0.3, 0.4) is 0 Å². The van der Waals surface area contributed by atoms with Crippen molar-refractivity contribution in [2.75, 3.05) is 24.7 Å². The Balaban J connectivity index is 1.76. The minimum Gasteiger partial charge on any atom is -0.497 e. The van der Waals surface area contributed by atoms with E-state index in [-0.39, 0.29) is 11.7 Å². The number of thioether (sulfide) groups is 1. The van der Waals surface area contributed by atoms with Crippen LogP contribution in [0.5, 0.6) is 5.75 Å². The van der Waals surface area contributed by atoms with Crippen LogP contribution in [0.25, 0.3) is 0 Å². The summed E-state index contributed by atoms with van der Waals surface area (Å²) in [5.74, 6) is 0.804. The van der Waals surface area contributed by atoms with Gasteiger partial charge >= 0.3 is 6.03 Å². The van der Waals surface area contributed by atoms with E-state index in [9.17, 15) is 9.59 Å². The highest BCUT2D eigenvalue weighted by Gasteiger charge is 2.11. The summed E-state index contributed by atoms with van der Waals surface area (Å²) in [6.45, 7) is 4.47. The van der Waals surface area contributed by atoms with Gasteiger partial charge in [-0.15, -0.1) is 10.2 Å². The molecule has 10 heteroatoms. The van der Waals surface area contributed by atoms with Gasteiger partial charge in [0.25, 0.3) is 0 Å². The molecule has 0 radical (unpaired) electrons. The molecule has 0 fully saturated rings. The molecule has 0 saturated heterocycles. The fourth-order valence-corrected chi connectivity index (χ4v) is 3.32. The van der Waals surface area contributed by atoms with Crippen molar-refractivity contribution in [2.45, 2.75) is 18.2 Å². The fraction of sp³-hybridized carbons (Fsp3) is 0.375. The van der Waals surface area contributed by atoms with Crippen molar-refractivity contribution in [1.82, 2.24) is 20.8 Å². The normalized spacial score (nSPS) is 10.5. The Morgan fingerprint density at radius 3 is 2.62 bits per heavy atom. The van der Waals surface area contributed by atoms with Gasteiger partial charge in [0.05, 0.1) is 12.9 Å². The summed E-state index contributed by atoms with van der Waals surface area (Å²) >= 11 is 2.56. The maximum atomic E-state index is 11.8. The third-order valence-electron chi connectivity index (χ3n) is 3.00. The van der Waals surface area contributed by atoms with E-state index >= 15 is 0 Å². The van der Waals surface area contributed by atoms with E-state index in [0.717, 1.165) is 11.4 Å². The molecule has 0 aliphatic rings. The molecule has 1 heterocycles. The number of nitrogens with zero attached hydrogens (tertiary/aromatic N) is 2. The van der Waals surface area contributed by atoms with Gasteiger partial charge in [-0.25, -0.2) is 4.79 Å². The second-order valence-electron chi connectivity index (χ2n) is 5.67. The van der Waals surface area contributed by atoms with Crippen molar-refractivity contribution in [3.63, 3.8) is 0 Å². The predicted molar refractivity (Wildman–Crippen MR) is 103 cm³/mol. The number of methoxy groups -OCH3 is 1. The zero-order chi connectivity index (χ0) is 18.9. The number of amides is 3. The van der Waals surface area contributed by atoms with E-state index in [2.05, 4.69) is 26.1 Å². The van der Waals surface area contributed by atoms with Gasteiger partial charge < -0.3 is 15.4 Å². The number of hydrogen-bond acceptors (Lipinski definition) is 8. The number of imide groups is 1. The summed E-state index contributed by atoms with van der Waals surface area (Å²) in [6.07, 6.45) is 0. The number of hydrogen-bond donors (Lipinski definition) is 3. The molecule has 0 aliphatic carbocycles. The first-order valence-corrected chi connectivity index (χ1v) is 9.71. The monoisotopic (exact) mass is 395 g/mol. The molecule has 3 amide bonds. The van der Waals surface area contributed by atoms with Crippen molar-refractivity contribution in [3.05, 3.63) is 24.3 Å². The van der Waals surface area contributed by atoms with E-state index in [0.29, 0.717) is 21.9 Å². The Labute approximate surface area is 160 Å². The fourth-order valence-electron chi connectivity index (χ4n) is 1.75. The van der Waals surface area contributed by atoms with Gasteiger partial charge in [0.2, 0.25) is 11.0 Å². The van der Waals surface area contributed by atoms with Gasteiger partial charge in [-0.2, -0.15) is 0 Å². The van der Waals surface area contributed by atoms with Gasteiger partial charge in [0, 0.05) is 12.2 Å². The van der Waals surface area contributed by atoms with E-state index in [1.807, 2.05) is 38.1 Å². The molecule has 0 aliphatic heterocycles. The van der Waals surface area contributed by atoms with Crippen LogP contribution in [0.4, 0.5) is 15.6 Å². The minimum absolute atomic E-state index is 0.0896. The SMILES string of the molecule is COc1ccc(Nc2nnc(SCC(=O)NC(=O)NCC(C)C)s2)cc1. The first kappa shape index (κ1) is 20.0. The second kappa shape index (κ2) is 9.97. The zero-order valence-corrected chi connectivity index (χ0v) is 16.4. The molecule has 2 aromatic rings. The second-order valence-corrected chi connectivity index (χ2v) is 7.87. The van der Waals surface area contributed by atoms with Crippen LogP contribution in [-0.4, -0.2) is 41.5 Å². The van der Waals surface area contributed by atoms with E-state index in [1.165, 1.54) is 23.1 Å². The average molecular weight is 396 g/mol. The van der Waals surface area contributed by atoms with E-state index in [4.69, 9.17) is 4.74 Å². The molecule has 3 N–H and O–H groups in total.